The average molecular weight is 378 g/mol. The zero-order valence-corrected chi connectivity index (χ0v) is 15.7. The lowest BCUT2D eigenvalue weighted by molar-refractivity contribution is -0.146. The summed E-state index contributed by atoms with van der Waals surface area (Å²) in [7, 11) is 5.53. The maximum Gasteiger partial charge on any atom is 0.332 e. The van der Waals surface area contributed by atoms with Crippen LogP contribution in [0.2, 0.25) is 0 Å². The summed E-state index contributed by atoms with van der Waals surface area (Å²) in [6.45, 7) is 1.52. The molecule has 1 aliphatic carbocycles. The number of ether oxygens (including phenoxy) is 4. The molecule has 0 heterocycles. The van der Waals surface area contributed by atoms with Crippen molar-refractivity contribution in [3.63, 3.8) is 0 Å². The molecule has 1 aromatic carbocycles. The molecule has 0 aromatic heterocycles. The summed E-state index contributed by atoms with van der Waals surface area (Å²) in [5.41, 5.74) is -1.66. The van der Waals surface area contributed by atoms with E-state index in [1.807, 2.05) is 0 Å². The summed E-state index contributed by atoms with van der Waals surface area (Å²) in [5, 5.41) is 19.9. The predicted molar refractivity (Wildman–Crippen MR) is 94.8 cm³/mol. The topological polar surface area (TPSA) is 112 Å². The molecule has 0 fully saturated rings. The van der Waals surface area contributed by atoms with Gasteiger partial charge < -0.3 is 29.2 Å². The van der Waals surface area contributed by atoms with Gasteiger partial charge in [-0.25, -0.2) is 4.79 Å². The van der Waals surface area contributed by atoms with E-state index in [1.54, 1.807) is 12.1 Å². The number of rotatable bonds is 7. The molecular formula is C19H22O8. The van der Waals surface area contributed by atoms with Crippen LogP contribution in [0.15, 0.2) is 41.4 Å². The van der Waals surface area contributed by atoms with Crippen molar-refractivity contribution < 1.29 is 38.7 Å². The maximum absolute atomic E-state index is 12.6. The van der Waals surface area contributed by atoms with Crippen LogP contribution >= 0.6 is 0 Å². The monoisotopic (exact) mass is 378 g/mol. The van der Waals surface area contributed by atoms with Gasteiger partial charge in [0.15, 0.2) is 28.4 Å². The van der Waals surface area contributed by atoms with Gasteiger partial charge in [0.2, 0.25) is 0 Å². The van der Waals surface area contributed by atoms with E-state index in [9.17, 15) is 19.8 Å². The third-order valence-electron chi connectivity index (χ3n) is 4.83. The Hall–Kier alpha value is -3.16. The number of allylic oxidation sites excluding steroid dienone is 1. The highest BCUT2D eigenvalue weighted by atomic mass is 16.5. The Morgan fingerprint density at radius 2 is 1.59 bits per heavy atom. The van der Waals surface area contributed by atoms with Crippen LogP contribution in [0.25, 0.3) is 0 Å². The van der Waals surface area contributed by atoms with Crippen LogP contribution in [-0.4, -0.2) is 50.6 Å². The minimum atomic E-state index is -1.83. The normalized spacial score (nSPS) is 22.0. The van der Waals surface area contributed by atoms with Crippen LogP contribution in [0.5, 0.6) is 11.5 Å². The van der Waals surface area contributed by atoms with E-state index in [0.29, 0.717) is 11.5 Å². The van der Waals surface area contributed by atoms with Gasteiger partial charge in [-0.1, -0.05) is 13.0 Å². The highest BCUT2D eigenvalue weighted by Gasteiger charge is 2.56. The first-order chi connectivity index (χ1) is 12.8. The summed E-state index contributed by atoms with van der Waals surface area (Å²) in [6.07, 6.45) is 1.29. The summed E-state index contributed by atoms with van der Waals surface area (Å²) in [6, 6.07) is 4.60. The fourth-order valence-electron chi connectivity index (χ4n) is 3.48. The van der Waals surface area contributed by atoms with Gasteiger partial charge in [-0.05, 0) is 23.8 Å². The first-order valence-electron chi connectivity index (χ1n) is 8.03. The third-order valence-corrected chi connectivity index (χ3v) is 4.83. The van der Waals surface area contributed by atoms with Crippen LogP contribution < -0.4 is 9.47 Å². The molecule has 0 saturated carbocycles. The smallest absolute Gasteiger partial charge is 0.332 e. The second kappa shape index (κ2) is 7.61. The summed E-state index contributed by atoms with van der Waals surface area (Å²) in [5.74, 6) is -2.72. The quantitative estimate of drug-likeness (QED) is 0.743. The molecule has 2 unspecified atom stereocenters. The summed E-state index contributed by atoms with van der Waals surface area (Å²) in [4.78, 5) is 24.3. The standard InChI is InChI=1S/C19H22O8/c1-10-12(17(20)21)9-15(26-4)16(27-5)19(10,18(22)23)11-6-7-13(24-2)14(8-11)25-3/h6-10H,1-5H3,(H,20,21)(H,22,23). The molecule has 146 valence electrons. The zero-order chi connectivity index (χ0) is 20.4. The lowest BCUT2D eigenvalue weighted by atomic mass is 9.64. The first kappa shape index (κ1) is 20.2. The largest absolute Gasteiger partial charge is 0.496 e. The molecule has 27 heavy (non-hydrogen) atoms. The Labute approximate surface area is 156 Å². The molecule has 1 aliphatic rings. The summed E-state index contributed by atoms with van der Waals surface area (Å²) >= 11 is 0. The lowest BCUT2D eigenvalue weighted by Crippen LogP contribution is -2.48. The van der Waals surface area contributed by atoms with E-state index in [0.717, 1.165) is 0 Å². The van der Waals surface area contributed by atoms with Crippen molar-refractivity contribution in [3.05, 3.63) is 46.9 Å². The SMILES string of the molecule is COC1=C(OC)C(C(=O)O)(c2ccc(OC)c(OC)c2)C(C)C(C(=O)O)=C1. The number of hydrogen-bond donors (Lipinski definition) is 2. The Bertz CT molecular complexity index is 823. The van der Waals surface area contributed by atoms with Crippen molar-refractivity contribution >= 4 is 11.9 Å². The van der Waals surface area contributed by atoms with Gasteiger partial charge in [0.25, 0.3) is 0 Å². The summed E-state index contributed by atoms with van der Waals surface area (Å²) < 4.78 is 21.2. The van der Waals surface area contributed by atoms with E-state index < -0.39 is 23.3 Å². The van der Waals surface area contributed by atoms with Crippen molar-refractivity contribution in [1.82, 2.24) is 0 Å². The van der Waals surface area contributed by atoms with Gasteiger partial charge in [-0.15, -0.1) is 0 Å². The fraction of sp³-hybridized carbons (Fsp3) is 0.368. The molecule has 0 aliphatic heterocycles. The van der Waals surface area contributed by atoms with Crippen molar-refractivity contribution in [1.29, 1.82) is 0 Å². The minimum absolute atomic E-state index is 0.00206. The molecule has 2 atom stereocenters. The second-order valence-corrected chi connectivity index (χ2v) is 5.91. The van der Waals surface area contributed by atoms with Crippen molar-refractivity contribution in [2.24, 2.45) is 5.92 Å². The average Bonchev–Trinajstić information content (AvgIpc) is 2.66. The number of hydrogen-bond acceptors (Lipinski definition) is 6. The van der Waals surface area contributed by atoms with E-state index in [4.69, 9.17) is 18.9 Å². The number of benzene rings is 1. The molecule has 1 aromatic rings. The van der Waals surface area contributed by atoms with Gasteiger partial charge >= 0.3 is 11.9 Å². The molecular weight excluding hydrogens is 356 g/mol. The van der Waals surface area contributed by atoms with Gasteiger partial charge in [0, 0.05) is 11.5 Å². The van der Waals surface area contributed by atoms with Gasteiger partial charge in [-0.3, -0.25) is 4.79 Å². The molecule has 2 rings (SSSR count). The number of carbonyl (C=O) groups is 2. The van der Waals surface area contributed by atoms with E-state index in [-0.39, 0.29) is 22.7 Å². The Kier molecular flexibility index (Phi) is 5.68. The van der Waals surface area contributed by atoms with Crippen LogP contribution in [0.3, 0.4) is 0 Å². The maximum atomic E-state index is 12.6. The van der Waals surface area contributed by atoms with E-state index in [2.05, 4.69) is 0 Å². The van der Waals surface area contributed by atoms with Crippen LogP contribution in [0.4, 0.5) is 0 Å². The Morgan fingerprint density at radius 1 is 0.963 bits per heavy atom. The Balaban J connectivity index is 2.90. The fourth-order valence-corrected chi connectivity index (χ4v) is 3.48. The Morgan fingerprint density at radius 3 is 2.04 bits per heavy atom. The van der Waals surface area contributed by atoms with Gasteiger partial charge in [0.1, 0.15) is 0 Å². The molecule has 2 N–H and O–H groups in total. The second-order valence-electron chi connectivity index (χ2n) is 5.91. The number of carboxylic acid groups (broad SMARTS) is 2. The predicted octanol–water partition coefficient (Wildman–Crippen LogP) is 2.19. The molecule has 0 spiro atoms. The number of methoxy groups -OCH3 is 4. The highest BCUT2D eigenvalue weighted by molar-refractivity contribution is 5.95. The number of aliphatic carboxylic acids is 2. The molecule has 0 amide bonds. The zero-order valence-electron chi connectivity index (χ0n) is 15.7. The molecule has 0 bridgehead atoms. The van der Waals surface area contributed by atoms with E-state index in [1.165, 1.54) is 47.5 Å². The first-order valence-corrected chi connectivity index (χ1v) is 8.03. The van der Waals surface area contributed by atoms with Crippen molar-refractivity contribution in [2.45, 2.75) is 12.3 Å². The van der Waals surface area contributed by atoms with Crippen molar-refractivity contribution in [2.75, 3.05) is 28.4 Å². The van der Waals surface area contributed by atoms with Crippen LogP contribution in [0.1, 0.15) is 12.5 Å². The molecule has 8 heteroatoms. The highest BCUT2D eigenvalue weighted by Crippen LogP contribution is 2.49. The third kappa shape index (κ3) is 2.97. The van der Waals surface area contributed by atoms with Crippen LogP contribution in [-0.2, 0) is 24.5 Å². The molecule has 8 nitrogen and oxygen atoms in total. The van der Waals surface area contributed by atoms with Gasteiger partial charge in [-0.2, -0.15) is 0 Å². The lowest BCUT2D eigenvalue weighted by Gasteiger charge is -2.40. The molecule has 0 radical (unpaired) electrons. The van der Waals surface area contributed by atoms with Gasteiger partial charge in [0.05, 0.1) is 28.4 Å². The number of carboxylic acids is 2. The van der Waals surface area contributed by atoms with Crippen molar-refractivity contribution in [3.8, 4) is 11.5 Å². The minimum Gasteiger partial charge on any atom is -0.496 e. The van der Waals surface area contributed by atoms with E-state index >= 15 is 0 Å². The van der Waals surface area contributed by atoms with Crippen LogP contribution in [0, 0.1) is 5.92 Å². The molecule has 0 saturated heterocycles.